The van der Waals surface area contributed by atoms with Crippen LogP contribution in [-0.4, -0.2) is 44.7 Å². The molecule has 2 heterocycles. The Balaban J connectivity index is 1.69. The average molecular weight is 249 g/mol. The molecule has 1 saturated heterocycles. The van der Waals surface area contributed by atoms with Gasteiger partial charge in [-0.3, -0.25) is 4.79 Å². The number of likely N-dealkylation sites (tertiary alicyclic amines) is 1. The van der Waals surface area contributed by atoms with E-state index in [0.29, 0.717) is 5.92 Å². The van der Waals surface area contributed by atoms with Crippen LogP contribution in [0.5, 0.6) is 0 Å². The van der Waals surface area contributed by atoms with Crippen molar-refractivity contribution in [2.75, 3.05) is 13.1 Å². The number of carbonyl (C=O) groups is 1. The van der Waals surface area contributed by atoms with E-state index in [1.165, 1.54) is 0 Å². The first-order valence-electron chi connectivity index (χ1n) is 6.55. The normalized spacial score (nSPS) is 31.4. The van der Waals surface area contributed by atoms with E-state index in [1.807, 2.05) is 16.5 Å². The summed E-state index contributed by atoms with van der Waals surface area (Å²) >= 11 is 0. The van der Waals surface area contributed by atoms with E-state index in [0.717, 1.165) is 38.2 Å². The molecule has 18 heavy (non-hydrogen) atoms. The Morgan fingerprint density at radius 2 is 2.33 bits per heavy atom. The summed E-state index contributed by atoms with van der Waals surface area (Å²) in [6, 6.07) is 0.0905. The van der Waals surface area contributed by atoms with Crippen LogP contribution >= 0.6 is 0 Å². The highest BCUT2D eigenvalue weighted by atomic mass is 16.2. The molecular formula is C12H19N5O. The van der Waals surface area contributed by atoms with Crippen LogP contribution in [-0.2, 0) is 11.8 Å². The molecule has 3 rings (SSSR count). The maximum atomic E-state index is 12.2. The van der Waals surface area contributed by atoms with Crippen LogP contribution in [0.1, 0.15) is 31.0 Å². The van der Waals surface area contributed by atoms with Gasteiger partial charge in [0, 0.05) is 32.1 Å². The fourth-order valence-corrected chi connectivity index (χ4v) is 2.78. The van der Waals surface area contributed by atoms with Gasteiger partial charge in [0.05, 0.1) is 5.92 Å². The molecule has 2 N–H and O–H groups in total. The van der Waals surface area contributed by atoms with E-state index >= 15 is 0 Å². The Morgan fingerprint density at radius 3 is 2.94 bits per heavy atom. The molecule has 1 amide bonds. The van der Waals surface area contributed by atoms with Gasteiger partial charge in [-0.15, -0.1) is 10.2 Å². The maximum Gasteiger partial charge on any atom is 0.227 e. The zero-order valence-electron chi connectivity index (χ0n) is 10.6. The predicted molar refractivity (Wildman–Crippen MR) is 65.6 cm³/mol. The number of aryl methyl sites for hydroxylation is 1. The number of carbonyl (C=O) groups excluding carboxylic acids is 1. The molecule has 98 valence electrons. The summed E-state index contributed by atoms with van der Waals surface area (Å²) in [7, 11) is 1.95. The third kappa shape index (κ3) is 2.01. The van der Waals surface area contributed by atoms with Gasteiger partial charge in [0.1, 0.15) is 12.2 Å². The lowest BCUT2D eigenvalue weighted by molar-refractivity contribution is -0.133. The fraction of sp³-hybridized carbons (Fsp3) is 0.750. The topological polar surface area (TPSA) is 77.0 Å². The average Bonchev–Trinajstić information content (AvgIpc) is 2.95. The summed E-state index contributed by atoms with van der Waals surface area (Å²) in [6.45, 7) is 1.62. The molecule has 6 nitrogen and oxygen atoms in total. The minimum atomic E-state index is 0.0725. The molecule has 1 aromatic rings. The van der Waals surface area contributed by atoms with Crippen LogP contribution in [0.3, 0.4) is 0 Å². The van der Waals surface area contributed by atoms with Gasteiger partial charge in [-0.25, -0.2) is 0 Å². The van der Waals surface area contributed by atoms with Crippen LogP contribution in [0.4, 0.5) is 0 Å². The Hall–Kier alpha value is -1.43. The van der Waals surface area contributed by atoms with E-state index in [1.54, 1.807) is 6.33 Å². The molecular weight excluding hydrogens is 230 g/mol. The van der Waals surface area contributed by atoms with Crippen molar-refractivity contribution < 1.29 is 4.79 Å². The van der Waals surface area contributed by atoms with Crippen LogP contribution in [0.2, 0.25) is 0 Å². The first-order chi connectivity index (χ1) is 8.66. The van der Waals surface area contributed by atoms with E-state index in [2.05, 4.69) is 10.2 Å². The number of nitrogens with zero attached hydrogens (tertiary/aromatic N) is 4. The van der Waals surface area contributed by atoms with Gasteiger partial charge in [-0.1, -0.05) is 0 Å². The third-order valence-corrected chi connectivity index (χ3v) is 4.00. The van der Waals surface area contributed by atoms with Gasteiger partial charge in [-0.05, 0) is 19.3 Å². The Labute approximate surface area is 106 Å². The predicted octanol–water partition coefficient (Wildman–Crippen LogP) is -0.132. The summed E-state index contributed by atoms with van der Waals surface area (Å²) in [5, 5.41) is 8.07. The second-order valence-electron chi connectivity index (χ2n) is 5.43. The molecule has 2 fully saturated rings. The number of piperidine rings is 1. The van der Waals surface area contributed by atoms with Crippen molar-refractivity contribution in [1.82, 2.24) is 19.7 Å². The summed E-state index contributed by atoms with van der Waals surface area (Å²) in [5.41, 5.74) is 5.75. The van der Waals surface area contributed by atoms with E-state index < -0.39 is 0 Å². The molecule has 3 atom stereocenters. The summed E-state index contributed by atoms with van der Waals surface area (Å²) in [6.07, 6.45) is 4.68. The lowest BCUT2D eigenvalue weighted by Crippen LogP contribution is -2.41. The van der Waals surface area contributed by atoms with Gasteiger partial charge < -0.3 is 15.2 Å². The highest BCUT2D eigenvalue weighted by Crippen LogP contribution is 2.33. The molecule has 3 unspecified atom stereocenters. The van der Waals surface area contributed by atoms with Crippen molar-refractivity contribution in [3.63, 3.8) is 0 Å². The van der Waals surface area contributed by atoms with Crippen LogP contribution < -0.4 is 5.73 Å². The highest BCUT2D eigenvalue weighted by molar-refractivity contribution is 5.82. The molecule has 1 aromatic heterocycles. The zero-order chi connectivity index (χ0) is 12.7. The molecule has 0 aromatic carbocycles. The minimum Gasteiger partial charge on any atom is -0.342 e. The molecule has 2 aliphatic rings. The van der Waals surface area contributed by atoms with Crippen molar-refractivity contribution in [3.05, 3.63) is 12.2 Å². The summed E-state index contributed by atoms with van der Waals surface area (Å²) in [4.78, 5) is 14.1. The van der Waals surface area contributed by atoms with Crippen molar-refractivity contribution >= 4 is 5.91 Å². The first kappa shape index (κ1) is 11.6. The molecule has 0 radical (unpaired) electrons. The number of rotatable bonds is 2. The molecule has 1 saturated carbocycles. The molecule has 6 heteroatoms. The third-order valence-electron chi connectivity index (χ3n) is 4.00. The van der Waals surface area contributed by atoms with Gasteiger partial charge >= 0.3 is 0 Å². The van der Waals surface area contributed by atoms with Crippen molar-refractivity contribution in [2.24, 2.45) is 18.7 Å². The number of aromatic nitrogens is 3. The van der Waals surface area contributed by atoms with E-state index in [4.69, 9.17) is 5.73 Å². The van der Waals surface area contributed by atoms with Crippen molar-refractivity contribution in [3.8, 4) is 0 Å². The molecule has 1 aliphatic carbocycles. The largest absolute Gasteiger partial charge is 0.342 e. The van der Waals surface area contributed by atoms with Crippen molar-refractivity contribution in [1.29, 1.82) is 0 Å². The molecule has 0 bridgehead atoms. The van der Waals surface area contributed by atoms with Crippen molar-refractivity contribution in [2.45, 2.75) is 31.2 Å². The quantitative estimate of drug-likeness (QED) is 0.792. The lowest BCUT2D eigenvalue weighted by atomic mass is 9.97. The second-order valence-corrected chi connectivity index (χ2v) is 5.43. The van der Waals surface area contributed by atoms with Gasteiger partial charge in [0.15, 0.2) is 0 Å². The SMILES string of the molecule is Cn1cnnc1C1CCCN(C(=O)C2CC2N)C1. The first-order valence-corrected chi connectivity index (χ1v) is 6.55. The summed E-state index contributed by atoms with van der Waals surface area (Å²) < 4.78 is 1.95. The van der Waals surface area contributed by atoms with E-state index in [-0.39, 0.29) is 17.9 Å². The fourth-order valence-electron chi connectivity index (χ4n) is 2.78. The number of hydrogen-bond acceptors (Lipinski definition) is 4. The molecule has 1 aliphatic heterocycles. The number of nitrogens with two attached hydrogens (primary N) is 1. The smallest absolute Gasteiger partial charge is 0.227 e. The van der Waals surface area contributed by atoms with Gasteiger partial charge in [-0.2, -0.15) is 0 Å². The van der Waals surface area contributed by atoms with Crippen LogP contribution in [0.25, 0.3) is 0 Å². The van der Waals surface area contributed by atoms with Gasteiger partial charge in [0.2, 0.25) is 5.91 Å². The van der Waals surface area contributed by atoms with Crippen LogP contribution in [0, 0.1) is 5.92 Å². The number of amides is 1. The van der Waals surface area contributed by atoms with Crippen LogP contribution in [0.15, 0.2) is 6.33 Å². The van der Waals surface area contributed by atoms with Gasteiger partial charge in [0.25, 0.3) is 0 Å². The monoisotopic (exact) mass is 249 g/mol. The Bertz CT molecular complexity index is 457. The standard InChI is InChI=1S/C12H19N5O/c1-16-7-14-15-11(16)8-3-2-4-17(6-8)12(18)9-5-10(9)13/h7-10H,2-6,13H2,1H3. The Morgan fingerprint density at radius 1 is 1.56 bits per heavy atom. The van der Waals surface area contributed by atoms with E-state index in [9.17, 15) is 4.79 Å². The lowest BCUT2D eigenvalue weighted by Gasteiger charge is -2.32. The summed E-state index contributed by atoms with van der Waals surface area (Å²) in [5.74, 6) is 1.59. The second kappa shape index (κ2) is 4.35. The minimum absolute atomic E-state index is 0.0725. The molecule has 0 spiro atoms. The maximum absolute atomic E-state index is 12.2. The number of hydrogen-bond donors (Lipinski definition) is 1. The Kier molecular flexibility index (Phi) is 2.81. The highest BCUT2D eigenvalue weighted by Gasteiger charge is 2.43. The zero-order valence-corrected chi connectivity index (χ0v) is 10.6.